The van der Waals surface area contributed by atoms with Crippen LogP contribution in [0.15, 0.2) is 45.7 Å². The zero-order valence-corrected chi connectivity index (χ0v) is 13.9. The van der Waals surface area contributed by atoms with Crippen LogP contribution in [0.5, 0.6) is 0 Å². The first-order chi connectivity index (χ1) is 9.99. The molecule has 0 atom stereocenters. The van der Waals surface area contributed by atoms with Gasteiger partial charge >= 0.3 is 0 Å². The Labute approximate surface area is 135 Å². The van der Waals surface area contributed by atoms with Crippen LogP contribution in [0.3, 0.4) is 0 Å². The van der Waals surface area contributed by atoms with Gasteiger partial charge in [0, 0.05) is 17.1 Å². The average molecular weight is 364 g/mol. The molecular formula is C16H12BrClN2O. The van der Waals surface area contributed by atoms with Gasteiger partial charge in [-0.05, 0) is 52.7 Å². The molecule has 5 heteroatoms. The van der Waals surface area contributed by atoms with Crippen molar-refractivity contribution in [2.75, 3.05) is 0 Å². The topological polar surface area (TPSA) is 34.9 Å². The summed E-state index contributed by atoms with van der Waals surface area (Å²) in [6, 6.07) is 11.2. The Hall–Kier alpha value is -1.65. The van der Waals surface area contributed by atoms with Gasteiger partial charge in [-0.3, -0.25) is 9.36 Å². The molecule has 0 aliphatic rings. The molecule has 3 aromatic rings. The SMILES string of the molecule is Cc1cc(Br)c2nc(-c3ccccc3Cl)n(C)c(=O)c2c1. The van der Waals surface area contributed by atoms with Gasteiger partial charge in [-0.15, -0.1) is 0 Å². The van der Waals surface area contributed by atoms with Crippen LogP contribution in [0.4, 0.5) is 0 Å². The van der Waals surface area contributed by atoms with Gasteiger partial charge in [0.05, 0.1) is 15.9 Å². The summed E-state index contributed by atoms with van der Waals surface area (Å²) in [5.41, 5.74) is 2.32. The van der Waals surface area contributed by atoms with Crippen LogP contribution < -0.4 is 5.56 Å². The van der Waals surface area contributed by atoms with Crippen molar-refractivity contribution in [2.24, 2.45) is 7.05 Å². The number of hydrogen-bond acceptors (Lipinski definition) is 2. The summed E-state index contributed by atoms with van der Waals surface area (Å²) >= 11 is 9.72. The molecule has 106 valence electrons. The molecule has 0 fully saturated rings. The van der Waals surface area contributed by atoms with Gasteiger partial charge in [0.1, 0.15) is 5.82 Å². The molecular weight excluding hydrogens is 352 g/mol. The first-order valence-corrected chi connectivity index (χ1v) is 7.58. The van der Waals surface area contributed by atoms with Crippen molar-refractivity contribution in [1.82, 2.24) is 9.55 Å². The molecule has 0 saturated heterocycles. The standard InChI is InChI=1S/C16H12BrClN2O/c1-9-7-11-14(12(17)8-9)19-15(20(2)16(11)21)10-5-3-4-6-13(10)18/h3-8H,1-2H3. The molecule has 1 aromatic heterocycles. The molecule has 1 heterocycles. The Kier molecular flexibility index (Phi) is 3.59. The van der Waals surface area contributed by atoms with Crippen molar-refractivity contribution in [1.29, 1.82) is 0 Å². The van der Waals surface area contributed by atoms with E-state index in [1.807, 2.05) is 37.3 Å². The Morgan fingerprint density at radius 2 is 1.95 bits per heavy atom. The number of aryl methyl sites for hydroxylation is 1. The summed E-state index contributed by atoms with van der Waals surface area (Å²) in [5.74, 6) is 0.558. The first kappa shape index (κ1) is 14.3. The van der Waals surface area contributed by atoms with Gasteiger partial charge in [-0.1, -0.05) is 23.7 Å². The van der Waals surface area contributed by atoms with Crippen LogP contribution in [0.25, 0.3) is 22.3 Å². The number of nitrogens with zero attached hydrogens (tertiary/aromatic N) is 2. The third kappa shape index (κ3) is 2.39. The van der Waals surface area contributed by atoms with E-state index >= 15 is 0 Å². The van der Waals surface area contributed by atoms with Crippen LogP contribution in [0.1, 0.15) is 5.56 Å². The molecule has 0 bridgehead atoms. The maximum Gasteiger partial charge on any atom is 0.261 e. The van der Waals surface area contributed by atoms with E-state index in [-0.39, 0.29) is 5.56 Å². The summed E-state index contributed by atoms with van der Waals surface area (Å²) in [5, 5.41) is 1.17. The van der Waals surface area contributed by atoms with Crippen molar-refractivity contribution >= 4 is 38.4 Å². The Bertz CT molecular complexity index is 918. The lowest BCUT2D eigenvalue weighted by Gasteiger charge is -2.11. The van der Waals surface area contributed by atoms with E-state index in [4.69, 9.17) is 11.6 Å². The van der Waals surface area contributed by atoms with Crippen molar-refractivity contribution < 1.29 is 0 Å². The lowest BCUT2D eigenvalue weighted by Crippen LogP contribution is -2.20. The zero-order chi connectivity index (χ0) is 15.1. The number of fused-ring (bicyclic) bond motifs is 1. The Morgan fingerprint density at radius 1 is 1.24 bits per heavy atom. The number of hydrogen-bond donors (Lipinski definition) is 0. The molecule has 2 aromatic carbocycles. The summed E-state index contributed by atoms with van der Waals surface area (Å²) in [6.07, 6.45) is 0. The summed E-state index contributed by atoms with van der Waals surface area (Å²) in [6.45, 7) is 1.95. The Morgan fingerprint density at radius 3 is 2.67 bits per heavy atom. The molecule has 0 spiro atoms. The quantitative estimate of drug-likeness (QED) is 0.645. The maximum absolute atomic E-state index is 12.6. The summed E-state index contributed by atoms with van der Waals surface area (Å²) in [7, 11) is 1.71. The van der Waals surface area contributed by atoms with Crippen molar-refractivity contribution in [3.8, 4) is 11.4 Å². The van der Waals surface area contributed by atoms with Gasteiger partial charge in [0.2, 0.25) is 0 Å². The zero-order valence-electron chi connectivity index (χ0n) is 11.5. The van der Waals surface area contributed by atoms with Crippen LogP contribution in [-0.2, 0) is 7.05 Å². The lowest BCUT2D eigenvalue weighted by molar-refractivity contribution is 0.855. The van der Waals surface area contributed by atoms with Crippen molar-refractivity contribution in [2.45, 2.75) is 6.92 Å². The predicted molar refractivity (Wildman–Crippen MR) is 89.9 cm³/mol. The van der Waals surface area contributed by atoms with E-state index in [9.17, 15) is 4.79 Å². The van der Waals surface area contributed by atoms with E-state index in [0.29, 0.717) is 21.7 Å². The van der Waals surface area contributed by atoms with Crippen LogP contribution in [-0.4, -0.2) is 9.55 Å². The average Bonchev–Trinajstić information content (AvgIpc) is 2.44. The fourth-order valence-electron chi connectivity index (χ4n) is 2.35. The molecule has 0 saturated carbocycles. The molecule has 21 heavy (non-hydrogen) atoms. The van der Waals surface area contributed by atoms with E-state index in [1.165, 1.54) is 4.57 Å². The van der Waals surface area contributed by atoms with Gasteiger partial charge in [0.15, 0.2) is 0 Å². The second-order valence-electron chi connectivity index (χ2n) is 4.92. The molecule has 0 amide bonds. The van der Waals surface area contributed by atoms with Gasteiger partial charge in [-0.2, -0.15) is 0 Å². The molecule has 0 N–H and O–H groups in total. The Balaban J connectivity index is 2.44. The van der Waals surface area contributed by atoms with E-state index in [1.54, 1.807) is 13.1 Å². The van der Waals surface area contributed by atoms with E-state index < -0.39 is 0 Å². The minimum absolute atomic E-state index is 0.0840. The molecule has 0 aliphatic heterocycles. The summed E-state index contributed by atoms with van der Waals surface area (Å²) < 4.78 is 2.35. The van der Waals surface area contributed by atoms with Crippen molar-refractivity contribution in [3.63, 3.8) is 0 Å². The maximum atomic E-state index is 12.6. The minimum atomic E-state index is -0.0840. The highest BCUT2D eigenvalue weighted by atomic mass is 79.9. The highest BCUT2D eigenvalue weighted by Gasteiger charge is 2.14. The highest BCUT2D eigenvalue weighted by Crippen LogP contribution is 2.28. The molecule has 3 rings (SSSR count). The fraction of sp³-hybridized carbons (Fsp3) is 0.125. The monoisotopic (exact) mass is 362 g/mol. The predicted octanol–water partition coefficient (Wildman–Crippen LogP) is 4.32. The first-order valence-electron chi connectivity index (χ1n) is 6.41. The highest BCUT2D eigenvalue weighted by molar-refractivity contribution is 9.10. The second-order valence-corrected chi connectivity index (χ2v) is 6.18. The number of aromatic nitrogens is 2. The van der Waals surface area contributed by atoms with Gasteiger partial charge < -0.3 is 0 Å². The fourth-order valence-corrected chi connectivity index (χ4v) is 3.24. The van der Waals surface area contributed by atoms with E-state index in [2.05, 4.69) is 20.9 Å². The van der Waals surface area contributed by atoms with Crippen LogP contribution >= 0.6 is 27.5 Å². The molecule has 0 unspecified atom stereocenters. The molecule has 0 radical (unpaired) electrons. The smallest absolute Gasteiger partial charge is 0.261 e. The van der Waals surface area contributed by atoms with Gasteiger partial charge in [-0.25, -0.2) is 4.98 Å². The second kappa shape index (κ2) is 5.28. The minimum Gasteiger partial charge on any atom is -0.295 e. The third-order valence-electron chi connectivity index (χ3n) is 3.39. The molecule has 3 nitrogen and oxygen atoms in total. The number of rotatable bonds is 1. The van der Waals surface area contributed by atoms with Crippen LogP contribution in [0.2, 0.25) is 5.02 Å². The number of benzene rings is 2. The number of halogens is 2. The van der Waals surface area contributed by atoms with E-state index in [0.717, 1.165) is 15.6 Å². The van der Waals surface area contributed by atoms with Crippen molar-refractivity contribution in [3.05, 3.63) is 61.8 Å². The summed E-state index contributed by atoms with van der Waals surface area (Å²) in [4.78, 5) is 17.2. The largest absolute Gasteiger partial charge is 0.295 e. The third-order valence-corrected chi connectivity index (χ3v) is 4.33. The molecule has 0 aliphatic carbocycles. The van der Waals surface area contributed by atoms with Crippen LogP contribution in [0, 0.1) is 6.92 Å². The lowest BCUT2D eigenvalue weighted by atomic mass is 10.1. The normalized spacial score (nSPS) is 11.0. The van der Waals surface area contributed by atoms with Gasteiger partial charge in [0.25, 0.3) is 5.56 Å².